The van der Waals surface area contributed by atoms with Crippen LogP contribution in [0.5, 0.6) is 0 Å². The molecule has 2 aliphatic rings. The summed E-state index contributed by atoms with van der Waals surface area (Å²) in [7, 11) is 0. The molecule has 1 atom stereocenters. The van der Waals surface area contributed by atoms with E-state index in [2.05, 4.69) is 10.9 Å². The van der Waals surface area contributed by atoms with Crippen molar-refractivity contribution in [1.82, 2.24) is 15.8 Å². The minimum Gasteiger partial charge on any atom is -0.283 e. The van der Waals surface area contributed by atoms with Gasteiger partial charge in [-0.15, -0.1) is 0 Å². The Balaban J connectivity index is 2.01. The highest BCUT2D eigenvalue weighted by molar-refractivity contribution is 6.31. The van der Waals surface area contributed by atoms with E-state index in [1.165, 1.54) is 9.80 Å². The zero-order chi connectivity index (χ0) is 13.6. The molecule has 7 heteroatoms. The second kappa shape index (κ2) is 4.25. The lowest BCUT2D eigenvalue weighted by molar-refractivity contribution is -0.122. The summed E-state index contributed by atoms with van der Waals surface area (Å²) < 4.78 is 0. The highest BCUT2D eigenvalue weighted by Gasteiger charge is 2.40. The fourth-order valence-electron chi connectivity index (χ4n) is 2.12. The third kappa shape index (κ3) is 1.76. The molecule has 6 nitrogen and oxygen atoms in total. The van der Waals surface area contributed by atoms with Crippen molar-refractivity contribution in [3.63, 3.8) is 0 Å². The lowest BCUT2D eigenvalue weighted by Gasteiger charge is -2.30. The van der Waals surface area contributed by atoms with E-state index in [4.69, 9.17) is 11.6 Å². The van der Waals surface area contributed by atoms with E-state index < -0.39 is 6.17 Å². The maximum atomic E-state index is 12.4. The van der Waals surface area contributed by atoms with Crippen LogP contribution in [-0.4, -0.2) is 23.0 Å². The summed E-state index contributed by atoms with van der Waals surface area (Å²) in [4.78, 5) is 26.6. The maximum Gasteiger partial charge on any atom is 0.337 e. The van der Waals surface area contributed by atoms with Gasteiger partial charge in [0.1, 0.15) is 0 Å². The molecule has 0 saturated carbocycles. The average Bonchev–Trinajstić information content (AvgIpc) is 2.77. The number of halogens is 1. The molecule has 3 amide bonds. The molecule has 1 fully saturated rings. The number of amides is 3. The molecule has 1 aromatic carbocycles. The lowest BCUT2D eigenvalue weighted by Crippen LogP contribution is -2.51. The van der Waals surface area contributed by atoms with Crippen molar-refractivity contribution in [3.05, 3.63) is 41.2 Å². The summed E-state index contributed by atoms with van der Waals surface area (Å²) in [5.74, 6) is -0.244. The van der Waals surface area contributed by atoms with Crippen molar-refractivity contribution in [1.29, 1.82) is 0 Å². The van der Waals surface area contributed by atoms with E-state index in [1.807, 2.05) is 13.0 Å². The first kappa shape index (κ1) is 12.0. The van der Waals surface area contributed by atoms with E-state index in [9.17, 15) is 9.59 Å². The van der Waals surface area contributed by atoms with Crippen molar-refractivity contribution in [3.8, 4) is 0 Å². The van der Waals surface area contributed by atoms with Crippen LogP contribution in [0, 0.1) is 6.92 Å². The second-order valence-corrected chi connectivity index (χ2v) is 4.68. The predicted octanol–water partition coefficient (Wildman–Crippen LogP) is 1.32. The predicted molar refractivity (Wildman–Crippen MR) is 70.1 cm³/mol. The Kier molecular flexibility index (Phi) is 2.69. The standard InChI is InChI=1S/C12H11ClN4O2/c1-7-8(13)3-2-4-9(7)16-5-6-17-10(11(16)18)14-15-12(17)19/h2-6,10,14H,1H3,(H,15,19). The highest BCUT2D eigenvalue weighted by Crippen LogP contribution is 2.29. The molecule has 0 spiro atoms. The van der Waals surface area contributed by atoms with Crippen LogP contribution in [0.2, 0.25) is 5.02 Å². The van der Waals surface area contributed by atoms with Gasteiger partial charge in [-0.1, -0.05) is 17.7 Å². The number of fused-ring (bicyclic) bond motifs is 1. The Hall–Kier alpha value is -2.05. The van der Waals surface area contributed by atoms with Crippen LogP contribution in [0.3, 0.4) is 0 Å². The van der Waals surface area contributed by atoms with Gasteiger partial charge in [-0.3, -0.25) is 20.0 Å². The molecule has 2 heterocycles. The Bertz CT molecular complexity index is 601. The quantitative estimate of drug-likeness (QED) is 0.814. The number of nitrogens with zero attached hydrogens (tertiary/aromatic N) is 2. The number of carbonyl (C=O) groups is 2. The molecule has 1 unspecified atom stereocenters. The average molecular weight is 279 g/mol. The van der Waals surface area contributed by atoms with Crippen LogP contribution < -0.4 is 15.8 Å². The summed E-state index contributed by atoms with van der Waals surface area (Å²) >= 11 is 6.06. The monoisotopic (exact) mass is 278 g/mol. The summed E-state index contributed by atoms with van der Waals surface area (Å²) in [6, 6.07) is 5.01. The number of benzene rings is 1. The molecule has 3 rings (SSSR count). The van der Waals surface area contributed by atoms with Gasteiger partial charge in [0, 0.05) is 17.4 Å². The van der Waals surface area contributed by atoms with E-state index >= 15 is 0 Å². The number of hydrogen-bond donors (Lipinski definition) is 2. The molecule has 2 aliphatic heterocycles. The van der Waals surface area contributed by atoms with Gasteiger partial charge < -0.3 is 0 Å². The van der Waals surface area contributed by atoms with Crippen LogP contribution in [-0.2, 0) is 4.79 Å². The maximum absolute atomic E-state index is 12.4. The van der Waals surface area contributed by atoms with Gasteiger partial charge in [0.2, 0.25) is 0 Å². The van der Waals surface area contributed by atoms with E-state index in [0.29, 0.717) is 10.7 Å². The van der Waals surface area contributed by atoms with Gasteiger partial charge in [0.25, 0.3) is 5.91 Å². The summed E-state index contributed by atoms with van der Waals surface area (Å²) in [6.07, 6.45) is 2.39. The molecule has 2 N–H and O–H groups in total. The number of anilines is 1. The minimum atomic E-state index is -0.726. The van der Waals surface area contributed by atoms with E-state index in [-0.39, 0.29) is 11.9 Å². The molecule has 0 bridgehead atoms. The van der Waals surface area contributed by atoms with Crippen molar-refractivity contribution in [2.75, 3.05) is 4.90 Å². The molecule has 98 valence electrons. The van der Waals surface area contributed by atoms with Gasteiger partial charge >= 0.3 is 6.03 Å². The third-order valence-corrected chi connectivity index (χ3v) is 3.58. The largest absolute Gasteiger partial charge is 0.337 e. The highest BCUT2D eigenvalue weighted by atomic mass is 35.5. The summed E-state index contributed by atoms with van der Waals surface area (Å²) in [6.45, 7) is 1.84. The van der Waals surface area contributed by atoms with Crippen LogP contribution in [0.25, 0.3) is 0 Å². The third-order valence-electron chi connectivity index (χ3n) is 3.17. The number of rotatable bonds is 1. The van der Waals surface area contributed by atoms with E-state index in [0.717, 1.165) is 5.56 Å². The minimum absolute atomic E-state index is 0.244. The number of urea groups is 1. The number of hydrazine groups is 1. The smallest absolute Gasteiger partial charge is 0.283 e. The Morgan fingerprint density at radius 1 is 1.26 bits per heavy atom. The van der Waals surface area contributed by atoms with Gasteiger partial charge in [0.15, 0.2) is 6.17 Å². The zero-order valence-corrected chi connectivity index (χ0v) is 10.8. The molecular formula is C12H11ClN4O2. The Morgan fingerprint density at radius 2 is 2.05 bits per heavy atom. The van der Waals surface area contributed by atoms with Crippen molar-refractivity contribution in [2.24, 2.45) is 0 Å². The zero-order valence-electron chi connectivity index (χ0n) is 10.1. The van der Waals surface area contributed by atoms with Crippen LogP contribution in [0.1, 0.15) is 5.56 Å². The molecular weight excluding hydrogens is 268 g/mol. The summed E-state index contributed by atoms with van der Waals surface area (Å²) in [5.41, 5.74) is 6.56. The Labute approximate surface area is 114 Å². The van der Waals surface area contributed by atoms with E-state index in [1.54, 1.807) is 24.5 Å². The van der Waals surface area contributed by atoms with Crippen LogP contribution >= 0.6 is 11.6 Å². The van der Waals surface area contributed by atoms with Gasteiger partial charge in [-0.25, -0.2) is 10.2 Å². The SMILES string of the molecule is Cc1c(Cl)cccc1N1C=CN2C(=O)NNC2C1=O. The first-order valence-corrected chi connectivity index (χ1v) is 6.08. The number of carbonyl (C=O) groups excluding carboxylic acids is 2. The molecule has 0 radical (unpaired) electrons. The van der Waals surface area contributed by atoms with Gasteiger partial charge in [-0.05, 0) is 24.6 Å². The summed E-state index contributed by atoms with van der Waals surface area (Å²) in [5, 5.41) is 0.592. The van der Waals surface area contributed by atoms with Gasteiger partial charge in [-0.2, -0.15) is 0 Å². The fourth-order valence-corrected chi connectivity index (χ4v) is 2.29. The first-order chi connectivity index (χ1) is 9.09. The molecule has 1 saturated heterocycles. The van der Waals surface area contributed by atoms with Crippen molar-refractivity contribution in [2.45, 2.75) is 13.1 Å². The topological polar surface area (TPSA) is 64.7 Å². The fraction of sp³-hybridized carbons (Fsp3) is 0.167. The second-order valence-electron chi connectivity index (χ2n) is 4.27. The molecule has 0 aliphatic carbocycles. The van der Waals surface area contributed by atoms with Crippen molar-refractivity contribution >= 4 is 29.2 Å². The number of hydrogen-bond acceptors (Lipinski definition) is 3. The lowest BCUT2D eigenvalue weighted by atomic mass is 10.1. The number of nitrogens with one attached hydrogen (secondary N) is 2. The van der Waals surface area contributed by atoms with Crippen LogP contribution in [0.4, 0.5) is 10.5 Å². The first-order valence-electron chi connectivity index (χ1n) is 5.70. The molecule has 1 aromatic rings. The normalized spacial score (nSPS) is 21.7. The van der Waals surface area contributed by atoms with Crippen LogP contribution in [0.15, 0.2) is 30.6 Å². The Morgan fingerprint density at radius 3 is 2.84 bits per heavy atom. The molecule has 0 aromatic heterocycles. The molecule has 19 heavy (non-hydrogen) atoms. The van der Waals surface area contributed by atoms with Gasteiger partial charge in [0.05, 0.1) is 5.69 Å². The van der Waals surface area contributed by atoms with Crippen molar-refractivity contribution < 1.29 is 9.59 Å².